The van der Waals surface area contributed by atoms with Crippen molar-refractivity contribution in [3.05, 3.63) is 50.9 Å². The first kappa shape index (κ1) is 10.9. The van der Waals surface area contributed by atoms with E-state index >= 15 is 0 Å². The highest BCUT2D eigenvalue weighted by atomic mass is 35.5. The normalized spacial score (nSPS) is 10.4. The molecule has 0 unspecified atom stereocenters. The minimum absolute atomic E-state index is 0.224. The third-order valence-corrected chi connectivity index (χ3v) is 2.65. The second kappa shape index (κ2) is 4.10. The molecule has 0 aliphatic heterocycles. The van der Waals surface area contributed by atoms with Crippen molar-refractivity contribution >= 4 is 11.6 Å². The molecule has 0 saturated heterocycles. The van der Waals surface area contributed by atoms with Crippen LogP contribution < -0.4 is 5.56 Å². The number of aryl methyl sites for hydroxylation is 2. The van der Waals surface area contributed by atoms with Gasteiger partial charge >= 0.3 is 0 Å². The Balaban J connectivity index is 2.71. The van der Waals surface area contributed by atoms with E-state index in [1.165, 1.54) is 0 Å². The van der Waals surface area contributed by atoms with Crippen LogP contribution in [0.15, 0.2) is 29.1 Å². The first-order chi connectivity index (χ1) is 7.58. The molecule has 1 heterocycles. The van der Waals surface area contributed by atoms with E-state index in [9.17, 15) is 4.79 Å². The standard InChI is InChI=1S/C12H11ClN2O/c1-7-3-4-8(2)9(5-7)10-6-11(13)14-15-12(10)16/h3-6H,1-2H3,(H,15,16). The van der Waals surface area contributed by atoms with E-state index in [1.807, 2.05) is 32.0 Å². The number of benzene rings is 1. The number of aromatic amines is 1. The highest BCUT2D eigenvalue weighted by Gasteiger charge is 2.07. The molecular weight excluding hydrogens is 224 g/mol. The van der Waals surface area contributed by atoms with Crippen molar-refractivity contribution in [3.63, 3.8) is 0 Å². The van der Waals surface area contributed by atoms with Crippen molar-refractivity contribution < 1.29 is 0 Å². The maximum atomic E-state index is 11.7. The van der Waals surface area contributed by atoms with E-state index in [0.717, 1.165) is 16.7 Å². The molecule has 0 amide bonds. The largest absolute Gasteiger partial charge is 0.272 e. The molecule has 3 nitrogen and oxygen atoms in total. The number of H-pyrrole nitrogens is 1. The van der Waals surface area contributed by atoms with E-state index in [-0.39, 0.29) is 10.7 Å². The lowest BCUT2D eigenvalue weighted by Crippen LogP contribution is -2.11. The minimum Gasteiger partial charge on any atom is -0.267 e. The highest BCUT2D eigenvalue weighted by molar-refractivity contribution is 6.29. The van der Waals surface area contributed by atoms with Gasteiger partial charge in [0.05, 0.1) is 5.56 Å². The van der Waals surface area contributed by atoms with Crippen molar-refractivity contribution in [2.45, 2.75) is 13.8 Å². The Kier molecular flexibility index (Phi) is 2.79. The smallest absolute Gasteiger partial charge is 0.267 e. The van der Waals surface area contributed by atoms with Gasteiger partial charge in [0.25, 0.3) is 5.56 Å². The zero-order valence-electron chi connectivity index (χ0n) is 9.04. The maximum absolute atomic E-state index is 11.7. The van der Waals surface area contributed by atoms with Crippen LogP contribution in [0.4, 0.5) is 0 Å². The number of nitrogens with one attached hydrogen (secondary N) is 1. The molecule has 16 heavy (non-hydrogen) atoms. The number of aromatic nitrogens is 2. The van der Waals surface area contributed by atoms with Crippen LogP contribution in [0.2, 0.25) is 5.15 Å². The van der Waals surface area contributed by atoms with Gasteiger partial charge in [-0.25, -0.2) is 5.10 Å². The van der Waals surface area contributed by atoms with Gasteiger partial charge in [-0.2, -0.15) is 5.10 Å². The fraction of sp³-hybridized carbons (Fsp3) is 0.167. The van der Waals surface area contributed by atoms with E-state index < -0.39 is 0 Å². The number of hydrogen-bond donors (Lipinski definition) is 1. The summed E-state index contributed by atoms with van der Waals surface area (Å²) in [6, 6.07) is 7.55. The van der Waals surface area contributed by atoms with Gasteiger partial charge in [-0.05, 0) is 31.0 Å². The van der Waals surface area contributed by atoms with Gasteiger partial charge in [-0.3, -0.25) is 4.79 Å². The van der Waals surface area contributed by atoms with Gasteiger partial charge in [0.1, 0.15) is 5.15 Å². The lowest BCUT2D eigenvalue weighted by Gasteiger charge is -2.06. The summed E-state index contributed by atoms with van der Waals surface area (Å²) in [5.74, 6) is 0. The van der Waals surface area contributed by atoms with E-state index in [1.54, 1.807) is 6.07 Å². The number of halogens is 1. The fourth-order valence-electron chi connectivity index (χ4n) is 1.61. The topological polar surface area (TPSA) is 45.8 Å². The molecular formula is C12H11ClN2O. The quantitative estimate of drug-likeness (QED) is 0.825. The van der Waals surface area contributed by atoms with Crippen molar-refractivity contribution in [3.8, 4) is 11.1 Å². The molecule has 2 rings (SSSR count). The van der Waals surface area contributed by atoms with Gasteiger partial charge in [-0.1, -0.05) is 35.4 Å². The zero-order chi connectivity index (χ0) is 11.7. The average Bonchev–Trinajstić information content (AvgIpc) is 2.25. The van der Waals surface area contributed by atoms with E-state index in [4.69, 9.17) is 11.6 Å². The monoisotopic (exact) mass is 234 g/mol. The third-order valence-electron chi connectivity index (χ3n) is 2.46. The van der Waals surface area contributed by atoms with Crippen molar-refractivity contribution in [1.82, 2.24) is 10.2 Å². The van der Waals surface area contributed by atoms with Crippen LogP contribution in [0.5, 0.6) is 0 Å². The molecule has 0 bridgehead atoms. The second-order valence-electron chi connectivity index (χ2n) is 3.75. The van der Waals surface area contributed by atoms with Crippen LogP contribution in [0, 0.1) is 13.8 Å². The summed E-state index contributed by atoms with van der Waals surface area (Å²) in [6.07, 6.45) is 0. The van der Waals surface area contributed by atoms with Crippen molar-refractivity contribution in [2.24, 2.45) is 0 Å². The lowest BCUT2D eigenvalue weighted by molar-refractivity contribution is 0.991. The van der Waals surface area contributed by atoms with Crippen LogP contribution in [-0.2, 0) is 0 Å². The number of rotatable bonds is 1. The molecule has 0 radical (unpaired) electrons. The Hall–Kier alpha value is -1.61. The van der Waals surface area contributed by atoms with Crippen molar-refractivity contribution in [2.75, 3.05) is 0 Å². The van der Waals surface area contributed by atoms with Crippen LogP contribution >= 0.6 is 11.6 Å². The van der Waals surface area contributed by atoms with Gasteiger partial charge in [0.15, 0.2) is 0 Å². The zero-order valence-corrected chi connectivity index (χ0v) is 9.80. The Labute approximate surface area is 98.1 Å². The summed E-state index contributed by atoms with van der Waals surface area (Å²) in [5, 5.41) is 6.31. The SMILES string of the molecule is Cc1ccc(C)c(-c2cc(Cl)n[nH]c2=O)c1. The lowest BCUT2D eigenvalue weighted by atomic mass is 10.0. The summed E-state index contributed by atoms with van der Waals surface area (Å²) in [4.78, 5) is 11.7. The second-order valence-corrected chi connectivity index (χ2v) is 4.14. The van der Waals surface area contributed by atoms with E-state index in [0.29, 0.717) is 5.56 Å². The van der Waals surface area contributed by atoms with Gasteiger partial charge in [-0.15, -0.1) is 0 Å². The Morgan fingerprint density at radius 2 is 1.94 bits per heavy atom. The summed E-state index contributed by atoms with van der Waals surface area (Å²) in [5.41, 5.74) is 3.37. The van der Waals surface area contributed by atoms with E-state index in [2.05, 4.69) is 10.2 Å². The van der Waals surface area contributed by atoms with Gasteiger partial charge < -0.3 is 0 Å². The average molecular weight is 235 g/mol. The summed E-state index contributed by atoms with van der Waals surface area (Å²) in [7, 11) is 0. The molecule has 0 fully saturated rings. The summed E-state index contributed by atoms with van der Waals surface area (Å²) in [6.45, 7) is 3.95. The summed E-state index contributed by atoms with van der Waals surface area (Å²) < 4.78 is 0. The Morgan fingerprint density at radius 1 is 1.19 bits per heavy atom. The highest BCUT2D eigenvalue weighted by Crippen LogP contribution is 2.22. The van der Waals surface area contributed by atoms with Gasteiger partial charge in [0, 0.05) is 0 Å². The molecule has 82 valence electrons. The van der Waals surface area contributed by atoms with Crippen LogP contribution in [0.1, 0.15) is 11.1 Å². The Bertz CT molecular complexity index is 590. The molecule has 4 heteroatoms. The minimum atomic E-state index is -0.224. The Morgan fingerprint density at radius 3 is 2.69 bits per heavy atom. The van der Waals surface area contributed by atoms with Crippen LogP contribution in [-0.4, -0.2) is 10.2 Å². The molecule has 1 aromatic heterocycles. The summed E-state index contributed by atoms with van der Waals surface area (Å²) >= 11 is 5.78. The first-order valence-corrected chi connectivity index (χ1v) is 5.28. The van der Waals surface area contributed by atoms with Crippen LogP contribution in [0.25, 0.3) is 11.1 Å². The first-order valence-electron chi connectivity index (χ1n) is 4.91. The maximum Gasteiger partial charge on any atom is 0.272 e. The molecule has 0 spiro atoms. The number of nitrogens with zero attached hydrogens (tertiary/aromatic N) is 1. The fourth-order valence-corrected chi connectivity index (χ4v) is 1.76. The predicted molar refractivity (Wildman–Crippen MR) is 64.8 cm³/mol. The van der Waals surface area contributed by atoms with Crippen molar-refractivity contribution in [1.29, 1.82) is 0 Å². The molecule has 0 aliphatic carbocycles. The molecule has 0 aliphatic rings. The molecule has 2 aromatic rings. The molecule has 0 saturated carbocycles. The molecule has 1 aromatic carbocycles. The van der Waals surface area contributed by atoms with Crippen LogP contribution in [0.3, 0.4) is 0 Å². The third kappa shape index (κ3) is 1.99. The predicted octanol–water partition coefficient (Wildman–Crippen LogP) is 2.71. The molecule has 1 N–H and O–H groups in total. The van der Waals surface area contributed by atoms with Gasteiger partial charge in [0.2, 0.25) is 0 Å². The number of hydrogen-bond acceptors (Lipinski definition) is 2. The molecule has 0 atom stereocenters.